The minimum atomic E-state index is 0.677. The van der Waals surface area contributed by atoms with E-state index in [1.165, 1.54) is 5.56 Å². The van der Waals surface area contributed by atoms with E-state index in [0.717, 1.165) is 27.8 Å². The highest BCUT2D eigenvalue weighted by molar-refractivity contribution is 7.98. The summed E-state index contributed by atoms with van der Waals surface area (Å²) in [6.07, 6.45) is 0.868. The second kappa shape index (κ2) is 5.59. The van der Waals surface area contributed by atoms with Crippen molar-refractivity contribution in [3.05, 3.63) is 46.1 Å². The number of halogens is 1. The topological polar surface area (TPSA) is 34.9 Å². The maximum atomic E-state index is 11.0. The first-order chi connectivity index (χ1) is 8.61. The molecule has 0 fully saturated rings. The summed E-state index contributed by atoms with van der Waals surface area (Å²) in [7, 11) is 1.85. The Balaban J connectivity index is 2.15. The van der Waals surface area contributed by atoms with Crippen molar-refractivity contribution in [3.63, 3.8) is 0 Å². The van der Waals surface area contributed by atoms with E-state index >= 15 is 0 Å². The van der Waals surface area contributed by atoms with Gasteiger partial charge in [0.15, 0.2) is 6.29 Å². The van der Waals surface area contributed by atoms with Gasteiger partial charge in [-0.05, 0) is 24.6 Å². The van der Waals surface area contributed by atoms with Crippen molar-refractivity contribution in [1.82, 2.24) is 9.78 Å². The summed E-state index contributed by atoms with van der Waals surface area (Å²) in [5, 5.41) is 5.88. The second-order valence-electron chi connectivity index (χ2n) is 3.96. The summed E-state index contributed by atoms with van der Waals surface area (Å²) < 4.78 is 1.75. The molecule has 94 valence electrons. The number of thioether (sulfide) groups is 1. The predicted molar refractivity (Wildman–Crippen MR) is 74.3 cm³/mol. The van der Waals surface area contributed by atoms with E-state index in [4.69, 9.17) is 11.6 Å². The zero-order valence-corrected chi connectivity index (χ0v) is 11.8. The molecule has 0 aliphatic rings. The monoisotopic (exact) mass is 280 g/mol. The van der Waals surface area contributed by atoms with Crippen LogP contribution in [-0.4, -0.2) is 16.1 Å². The van der Waals surface area contributed by atoms with Crippen LogP contribution in [0.25, 0.3) is 0 Å². The summed E-state index contributed by atoms with van der Waals surface area (Å²) in [6.45, 7) is 1.84. The van der Waals surface area contributed by atoms with Gasteiger partial charge >= 0.3 is 0 Å². The number of hydrogen-bond donors (Lipinski definition) is 0. The lowest BCUT2D eigenvalue weighted by Gasteiger charge is -2.03. The van der Waals surface area contributed by atoms with Gasteiger partial charge in [0.05, 0.1) is 11.3 Å². The highest BCUT2D eigenvalue weighted by Crippen LogP contribution is 2.27. The minimum Gasteiger partial charge on any atom is -0.298 e. The first kappa shape index (κ1) is 13.2. The Kier molecular flexibility index (Phi) is 4.09. The SMILES string of the molecule is Cc1nn(C)c(SCc2ccc(Cl)cc2)c1C=O. The third-order valence-electron chi connectivity index (χ3n) is 2.62. The molecule has 0 radical (unpaired) electrons. The van der Waals surface area contributed by atoms with Crippen LogP contribution in [0.2, 0.25) is 5.02 Å². The number of carbonyl (C=O) groups excluding carboxylic acids is 1. The molecule has 1 aromatic carbocycles. The molecule has 0 aliphatic carbocycles. The van der Waals surface area contributed by atoms with Gasteiger partial charge in [-0.3, -0.25) is 9.48 Å². The van der Waals surface area contributed by atoms with E-state index in [2.05, 4.69) is 5.10 Å². The molecule has 0 unspecified atom stereocenters. The summed E-state index contributed by atoms with van der Waals surface area (Å²) >= 11 is 7.44. The van der Waals surface area contributed by atoms with Crippen LogP contribution in [0.1, 0.15) is 21.6 Å². The fourth-order valence-corrected chi connectivity index (χ4v) is 2.89. The lowest BCUT2D eigenvalue weighted by atomic mass is 10.2. The average Bonchev–Trinajstić information content (AvgIpc) is 2.62. The van der Waals surface area contributed by atoms with E-state index in [1.807, 2.05) is 38.2 Å². The molecule has 2 rings (SSSR count). The Morgan fingerprint density at radius 1 is 1.39 bits per heavy atom. The molecule has 0 N–H and O–H groups in total. The van der Waals surface area contributed by atoms with Gasteiger partial charge in [-0.1, -0.05) is 23.7 Å². The number of rotatable bonds is 4. The van der Waals surface area contributed by atoms with Crippen molar-refractivity contribution in [2.24, 2.45) is 7.05 Å². The Bertz CT molecular complexity index is 563. The van der Waals surface area contributed by atoms with Gasteiger partial charge in [-0.2, -0.15) is 5.10 Å². The zero-order valence-electron chi connectivity index (χ0n) is 10.2. The maximum absolute atomic E-state index is 11.0. The molecule has 2 aromatic rings. The van der Waals surface area contributed by atoms with Crippen molar-refractivity contribution in [2.75, 3.05) is 0 Å². The number of nitrogens with zero attached hydrogens (tertiary/aromatic N) is 2. The Morgan fingerprint density at radius 2 is 2.06 bits per heavy atom. The molecule has 0 spiro atoms. The van der Waals surface area contributed by atoms with Crippen molar-refractivity contribution in [3.8, 4) is 0 Å². The van der Waals surface area contributed by atoms with Gasteiger partial charge in [0, 0.05) is 17.8 Å². The molecule has 0 aliphatic heterocycles. The molecule has 0 saturated heterocycles. The van der Waals surface area contributed by atoms with Gasteiger partial charge in [0.25, 0.3) is 0 Å². The minimum absolute atomic E-state index is 0.677. The summed E-state index contributed by atoms with van der Waals surface area (Å²) in [4.78, 5) is 11.0. The molecule has 18 heavy (non-hydrogen) atoms. The average molecular weight is 281 g/mol. The summed E-state index contributed by atoms with van der Waals surface area (Å²) in [5.41, 5.74) is 2.61. The van der Waals surface area contributed by atoms with E-state index in [9.17, 15) is 4.79 Å². The Labute approximate surface area is 115 Å². The standard InChI is InChI=1S/C13H13ClN2OS/c1-9-12(7-17)13(16(2)15-9)18-8-10-3-5-11(14)6-4-10/h3-7H,8H2,1-2H3. The van der Waals surface area contributed by atoms with Gasteiger partial charge in [-0.15, -0.1) is 11.8 Å². The molecular formula is C13H13ClN2OS. The number of aromatic nitrogens is 2. The highest BCUT2D eigenvalue weighted by atomic mass is 35.5. The molecule has 0 atom stereocenters. The summed E-state index contributed by atoms with van der Waals surface area (Å²) in [5.74, 6) is 0.789. The van der Waals surface area contributed by atoms with Crippen molar-refractivity contribution >= 4 is 29.6 Å². The molecule has 1 heterocycles. The van der Waals surface area contributed by atoms with Crippen molar-refractivity contribution < 1.29 is 4.79 Å². The normalized spacial score (nSPS) is 10.6. The number of hydrogen-bond acceptors (Lipinski definition) is 3. The van der Waals surface area contributed by atoms with Gasteiger partial charge in [0.1, 0.15) is 5.03 Å². The van der Waals surface area contributed by atoms with Crippen LogP contribution < -0.4 is 0 Å². The van der Waals surface area contributed by atoms with Crippen LogP contribution in [0.3, 0.4) is 0 Å². The van der Waals surface area contributed by atoms with Crippen LogP contribution in [-0.2, 0) is 12.8 Å². The number of carbonyl (C=O) groups is 1. The molecule has 5 heteroatoms. The number of benzene rings is 1. The Hall–Kier alpha value is -1.26. The van der Waals surface area contributed by atoms with Crippen LogP contribution in [0.5, 0.6) is 0 Å². The highest BCUT2D eigenvalue weighted by Gasteiger charge is 2.12. The van der Waals surface area contributed by atoms with E-state index in [0.29, 0.717) is 5.56 Å². The van der Waals surface area contributed by atoms with Crippen LogP contribution >= 0.6 is 23.4 Å². The largest absolute Gasteiger partial charge is 0.298 e. The fourth-order valence-electron chi connectivity index (χ4n) is 1.69. The number of aldehydes is 1. The third-order valence-corrected chi connectivity index (χ3v) is 4.11. The van der Waals surface area contributed by atoms with Crippen molar-refractivity contribution in [2.45, 2.75) is 17.7 Å². The predicted octanol–water partition coefficient (Wildman–Crippen LogP) is 3.49. The smallest absolute Gasteiger partial charge is 0.154 e. The van der Waals surface area contributed by atoms with E-state index < -0.39 is 0 Å². The lowest BCUT2D eigenvalue weighted by molar-refractivity contribution is 0.112. The Morgan fingerprint density at radius 3 is 2.67 bits per heavy atom. The molecule has 0 amide bonds. The van der Waals surface area contributed by atoms with Gasteiger partial charge in [0.2, 0.25) is 0 Å². The van der Waals surface area contributed by atoms with Gasteiger partial charge in [-0.25, -0.2) is 0 Å². The van der Waals surface area contributed by atoms with E-state index in [-0.39, 0.29) is 0 Å². The third kappa shape index (κ3) is 2.76. The zero-order chi connectivity index (χ0) is 13.1. The number of aryl methyl sites for hydroxylation is 2. The van der Waals surface area contributed by atoms with Crippen LogP contribution in [0, 0.1) is 6.92 Å². The van der Waals surface area contributed by atoms with Gasteiger partial charge < -0.3 is 0 Å². The summed E-state index contributed by atoms with van der Waals surface area (Å²) in [6, 6.07) is 7.71. The van der Waals surface area contributed by atoms with E-state index in [1.54, 1.807) is 16.4 Å². The fraction of sp³-hybridized carbons (Fsp3) is 0.231. The molecule has 0 bridgehead atoms. The maximum Gasteiger partial charge on any atom is 0.154 e. The first-order valence-corrected chi connectivity index (χ1v) is 6.84. The molecular weight excluding hydrogens is 268 g/mol. The second-order valence-corrected chi connectivity index (χ2v) is 5.36. The molecule has 3 nitrogen and oxygen atoms in total. The van der Waals surface area contributed by atoms with Crippen LogP contribution in [0.4, 0.5) is 0 Å². The first-order valence-electron chi connectivity index (χ1n) is 5.48. The molecule has 0 saturated carbocycles. The van der Waals surface area contributed by atoms with Crippen molar-refractivity contribution in [1.29, 1.82) is 0 Å². The lowest BCUT2D eigenvalue weighted by Crippen LogP contribution is -1.94. The quantitative estimate of drug-likeness (QED) is 0.635. The van der Waals surface area contributed by atoms with Crippen LogP contribution in [0.15, 0.2) is 29.3 Å². The molecule has 1 aromatic heterocycles.